The molecule has 1 fully saturated rings. The molecule has 12 heteroatoms. The molecule has 34 heavy (non-hydrogen) atoms. The van der Waals surface area contributed by atoms with E-state index in [2.05, 4.69) is 0 Å². The van der Waals surface area contributed by atoms with Crippen molar-refractivity contribution in [1.82, 2.24) is 0 Å². The second kappa shape index (κ2) is 8.57. The van der Waals surface area contributed by atoms with Crippen LogP contribution >= 0.6 is 0 Å². The molecule has 3 aromatic rings. The average Bonchev–Trinajstić information content (AvgIpc) is 2.79. The third kappa shape index (κ3) is 3.72. The molecule has 182 valence electrons. The number of phenolic OH excluding ortho intramolecular Hbond substituents is 4. The average molecular weight is 478 g/mol. The van der Waals surface area contributed by atoms with Crippen LogP contribution in [0.5, 0.6) is 34.5 Å². The lowest BCUT2D eigenvalue weighted by Crippen LogP contribution is -2.58. The number of hydrogen-bond acceptors (Lipinski definition) is 12. The van der Waals surface area contributed by atoms with Crippen LogP contribution in [0.15, 0.2) is 33.5 Å². The summed E-state index contributed by atoms with van der Waals surface area (Å²) in [7, 11) is 1.16. The molecule has 0 aliphatic carbocycles. The molecular formula is C22H22O12. The van der Waals surface area contributed by atoms with Gasteiger partial charge in [-0.15, -0.1) is 0 Å². The molecule has 0 radical (unpaired) electrons. The molecule has 1 aromatic heterocycles. The lowest BCUT2D eigenvalue weighted by atomic mass is 10.00. The number of methoxy groups -OCH3 is 1. The Morgan fingerprint density at radius 3 is 2.24 bits per heavy atom. The lowest BCUT2D eigenvalue weighted by Gasteiger charge is -2.38. The van der Waals surface area contributed by atoms with Crippen LogP contribution in [-0.2, 0) is 4.74 Å². The van der Waals surface area contributed by atoms with E-state index < -0.39 is 76.0 Å². The molecule has 7 N–H and O–H groups in total. The van der Waals surface area contributed by atoms with E-state index in [4.69, 9.17) is 18.6 Å². The van der Waals surface area contributed by atoms with Gasteiger partial charge in [-0.2, -0.15) is 0 Å². The molecule has 5 atom stereocenters. The number of phenols is 4. The standard InChI is InChI=1S/C22H22O12/c1-7-14(26)17(29)18(30)22(32-7)34-21-16(28)13-12(6-11(25)20(31-2)15(13)27)33-19(21)8-3-4-9(23)10(24)5-8/h3-7,14,17-18,22-27,29-30H,1-2H3/t7-,14-,17+,18+,22-/m0/s1. The fourth-order valence-corrected chi connectivity index (χ4v) is 3.68. The SMILES string of the molecule is COc1c(O)cc2oc(-c3ccc(O)c(O)c3)c(O[C@@H]3O[C@@H](C)[C@H](O)[C@@H](O)[C@H]3O)c(=O)c2c1O. The van der Waals surface area contributed by atoms with E-state index in [1.165, 1.54) is 13.0 Å². The Hall–Kier alpha value is -3.71. The van der Waals surface area contributed by atoms with Crippen molar-refractivity contribution in [2.75, 3.05) is 7.11 Å². The van der Waals surface area contributed by atoms with E-state index in [1.807, 2.05) is 0 Å². The number of aromatic hydroxyl groups is 4. The molecule has 0 bridgehead atoms. The molecule has 0 saturated carbocycles. The predicted molar refractivity (Wildman–Crippen MR) is 114 cm³/mol. The first-order valence-corrected chi connectivity index (χ1v) is 10.0. The zero-order valence-electron chi connectivity index (χ0n) is 17.9. The molecule has 0 amide bonds. The molecule has 0 spiro atoms. The first-order valence-electron chi connectivity index (χ1n) is 10.0. The summed E-state index contributed by atoms with van der Waals surface area (Å²) in [6.45, 7) is 1.41. The van der Waals surface area contributed by atoms with Gasteiger partial charge in [-0.05, 0) is 25.1 Å². The van der Waals surface area contributed by atoms with Gasteiger partial charge in [0.2, 0.25) is 23.2 Å². The fourth-order valence-electron chi connectivity index (χ4n) is 3.68. The highest BCUT2D eigenvalue weighted by Crippen LogP contribution is 2.44. The first-order chi connectivity index (χ1) is 16.0. The van der Waals surface area contributed by atoms with Crippen LogP contribution in [0.25, 0.3) is 22.3 Å². The van der Waals surface area contributed by atoms with Crippen molar-refractivity contribution in [3.8, 4) is 45.8 Å². The zero-order valence-corrected chi connectivity index (χ0v) is 17.9. The van der Waals surface area contributed by atoms with E-state index in [0.29, 0.717) is 0 Å². The number of hydrogen-bond donors (Lipinski definition) is 7. The van der Waals surface area contributed by atoms with Gasteiger partial charge < -0.3 is 54.4 Å². The van der Waals surface area contributed by atoms with Crippen LogP contribution in [0.2, 0.25) is 0 Å². The van der Waals surface area contributed by atoms with E-state index in [-0.39, 0.29) is 16.9 Å². The van der Waals surface area contributed by atoms with E-state index in [9.17, 15) is 40.5 Å². The molecule has 4 rings (SSSR count). The van der Waals surface area contributed by atoms with Gasteiger partial charge in [-0.1, -0.05) is 0 Å². The van der Waals surface area contributed by atoms with Crippen LogP contribution in [0, 0.1) is 0 Å². The Balaban J connectivity index is 1.96. The van der Waals surface area contributed by atoms with Crippen LogP contribution in [0.4, 0.5) is 0 Å². The van der Waals surface area contributed by atoms with Crippen LogP contribution in [0.1, 0.15) is 6.92 Å². The van der Waals surface area contributed by atoms with Gasteiger partial charge in [-0.3, -0.25) is 4.79 Å². The minimum absolute atomic E-state index is 0.0398. The Morgan fingerprint density at radius 2 is 1.59 bits per heavy atom. The van der Waals surface area contributed by atoms with Gasteiger partial charge in [0.15, 0.2) is 28.8 Å². The molecule has 1 saturated heterocycles. The minimum Gasteiger partial charge on any atom is -0.504 e. The molecule has 2 heterocycles. The molecule has 2 aromatic carbocycles. The largest absolute Gasteiger partial charge is 0.504 e. The Kier molecular flexibility index (Phi) is 5.91. The third-order valence-corrected chi connectivity index (χ3v) is 5.53. The van der Waals surface area contributed by atoms with E-state index in [0.717, 1.165) is 25.3 Å². The first kappa shape index (κ1) is 23.4. The van der Waals surface area contributed by atoms with Crippen molar-refractivity contribution < 1.29 is 54.4 Å². The highest BCUT2D eigenvalue weighted by molar-refractivity contribution is 5.91. The smallest absolute Gasteiger partial charge is 0.239 e. The van der Waals surface area contributed by atoms with Gasteiger partial charge in [0.25, 0.3) is 0 Å². The fraction of sp³-hybridized carbons (Fsp3) is 0.318. The molecule has 1 aliphatic heterocycles. The quantitative estimate of drug-likeness (QED) is 0.257. The monoisotopic (exact) mass is 478 g/mol. The van der Waals surface area contributed by atoms with Crippen molar-refractivity contribution in [2.24, 2.45) is 0 Å². The van der Waals surface area contributed by atoms with E-state index in [1.54, 1.807) is 0 Å². The van der Waals surface area contributed by atoms with Gasteiger partial charge in [0.05, 0.1) is 13.2 Å². The zero-order chi connectivity index (χ0) is 24.9. The van der Waals surface area contributed by atoms with Crippen molar-refractivity contribution in [2.45, 2.75) is 37.6 Å². The predicted octanol–water partition coefficient (Wildman–Crippen LogP) is 0.497. The van der Waals surface area contributed by atoms with Crippen molar-refractivity contribution in [3.63, 3.8) is 0 Å². The number of ether oxygens (including phenoxy) is 3. The third-order valence-electron chi connectivity index (χ3n) is 5.53. The second-order valence-electron chi connectivity index (χ2n) is 7.74. The lowest BCUT2D eigenvalue weighted by molar-refractivity contribution is -0.268. The molecule has 0 unspecified atom stereocenters. The van der Waals surface area contributed by atoms with Crippen molar-refractivity contribution >= 4 is 11.0 Å². The maximum Gasteiger partial charge on any atom is 0.239 e. The highest BCUT2D eigenvalue weighted by Gasteiger charge is 2.44. The summed E-state index contributed by atoms with van der Waals surface area (Å²) in [5.74, 6) is -3.59. The van der Waals surface area contributed by atoms with Gasteiger partial charge in [-0.25, -0.2) is 0 Å². The Labute approximate surface area is 191 Å². The Bertz CT molecular complexity index is 1300. The van der Waals surface area contributed by atoms with Gasteiger partial charge >= 0.3 is 0 Å². The number of fused-ring (bicyclic) bond motifs is 1. The summed E-state index contributed by atoms with van der Waals surface area (Å²) in [6, 6.07) is 4.50. The molecule has 1 aliphatic rings. The normalized spacial score (nSPS) is 24.8. The summed E-state index contributed by atoms with van der Waals surface area (Å²) in [4.78, 5) is 13.4. The van der Waals surface area contributed by atoms with Gasteiger partial charge in [0.1, 0.15) is 29.3 Å². The maximum atomic E-state index is 13.4. The highest BCUT2D eigenvalue weighted by atomic mass is 16.7. The summed E-state index contributed by atoms with van der Waals surface area (Å²) >= 11 is 0. The minimum atomic E-state index is -1.77. The second-order valence-corrected chi connectivity index (χ2v) is 7.74. The van der Waals surface area contributed by atoms with E-state index >= 15 is 0 Å². The van der Waals surface area contributed by atoms with Crippen molar-refractivity contribution in [3.05, 3.63) is 34.5 Å². The summed E-state index contributed by atoms with van der Waals surface area (Å²) in [5, 5.41) is 70.1. The molecule has 12 nitrogen and oxygen atoms in total. The van der Waals surface area contributed by atoms with Crippen LogP contribution < -0.4 is 14.9 Å². The number of aliphatic hydroxyl groups excluding tert-OH is 3. The van der Waals surface area contributed by atoms with Crippen molar-refractivity contribution in [1.29, 1.82) is 0 Å². The topological polar surface area (TPSA) is 200 Å². The summed E-state index contributed by atoms with van der Waals surface area (Å²) in [6.07, 6.45) is -7.48. The summed E-state index contributed by atoms with van der Waals surface area (Å²) in [5.41, 5.74) is -1.20. The summed E-state index contributed by atoms with van der Waals surface area (Å²) < 4.78 is 21.6. The maximum absolute atomic E-state index is 13.4. The number of rotatable bonds is 4. The molecular weight excluding hydrogens is 456 g/mol. The number of aliphatic hydroxyl groups is 3. The van der Waals surface area contributed by atoms with Gasteiger partial charge in [0, 0.05) is 11.6 Å². The Morgan fingerprint density at radius 1 is 0.882 bits per heavy atom. The van der Waals surface area contributed by atoms with Crippen LogP contribution in [-0.4, -0.2) is 73.6 Å². The van der Waals surface area contributed by atoms with Crippen LogP contribution in [0.3, 0.4) is 0 Å². The number of benzene rings is 2.